The van der Waals surface area contributed by atoms with Crippen LogP contribution in [0.4, 0.5) is 0 Å². The summed E-state index contributed by atoms with van der Waals surface area (Å²) in [6.45, 7) is 4.16. The molecule has 0 amide bonds. The molecule has 0 radical (unpaired) electrons. The fourth-order valence-electron chi connectivity index (χ4n) is 2.55. The number of ether oxygens (including phenoxy) is 1. The molecule has 1 N–H and O–H groups in total. The number of methoxy groups -OCH3 is 1. The molecule has 1 aliphatic carbocycles. The zero-order valence-corrected chi connectivity index (χ0v) is 13.1. The number of fused-ring (bicyclic) bond motifs is 1. The van der Waals surface area contributed by atoms with Gasteiger partial charge in [-0.3, -0.25) is 10.1 Å². The van der Waals surface area contributed by atoms with Gasteiger partial charge in [0, 0.05) is 10.9 Å². The molecule has 0 saturated heterocycles. The molecule has 0 fully saturated rings. The second kappa shape index (κ2) is 6.25. The third-order valence-corrected chi connectivity index (χ3v) is 5.24. The van der Waals surface area contributed by atoms with Gasteiger partial charge in [0.05, 0.1) is 11.4 Å². The number of hydrogen-bond acceptors (Lipinski definition) is 4. The second-order valence-electron chi connectivity index (χ2n) is 5.07. The molecule has 0 aliphatic heterocycles. The molecule has 2 rings (SSSR count). The smallest absolute Gasteiger partial charge is 0.323 e. The minimum Gasteiger partial charge on any atom is -0.468 e. The number of hydrogen-bond donors (Lipinski definition) is 1. The van der Waals surface area contributed by atoms with Crippen molar-refractivity contribution in [3.8, 4) is 0 Å². The van der Waals surface area contributed by atoms with E-state index in [1.807, 2.05) is 6.07 Å². The average molecular weight is 302 g/mol. The number of halogens is 1. The number of thiophene rings is 1. The summed E-state index contributed by atoms with van der Waals surface area (Å²) >= 11 is 7.70. The van der Waals surface area contributed by atoms with Gasteiger partial charge in [0.1, 0.15) is 6.04 Å². The van der Waals surface area contributed by atoms with Crippen LogP contribution in [-0.4, -0.2) is 19.1 Å². The normalized spacial score (nSPS) is 20.9. The highest BCUT2D eigenvalue weighted by atomic mass is 35.5. The van der Waals surface area contributed by atoms with E-state index in [-0.39, 0.29) is 24.0 Å². The quantitative estimate of drug-likeness (QED) is 0.845. The lowest BCUT2D eigenvalue weighted by atomic mass is 9.97. The van der Waals surface area contributed by atoms with Crippen LogP contribution in [0, 0.1) is 5.92 Å². The van der Waals surface area contributed by atoms with E-state index in [0.717, 1.165) is 23.6 Å². The highest BCUT2D eigenvalue weighted by molar-refractivity contribution is 7.16. The Bertz CT molecular complexity index is 460. The Morgan fingerprint density at radius 3 is 3.05 bits per heavy atom. The van der Waals surface area contributed by atoms with Crippen LogP contribution in [0.5, 0.6) is 0 Å². The zero-order valence-electron chi connectivity index (χ0n) is 11.5. The van der Waals surface area contributed by atoms with Crippen LogP contribution in [0.3, 0.4) is 0 Å². The number of rotatable bonds is 5. The van der Waals surface area contributed by atoms with Gasteiger partial charge in [-0.15, -0.1) is 11.3 Å². The average Bonchev–Trinajstić information content (AvgIpc) is 2.94. The van der Waals surface area contributed by atoms with Crippen LogP contribution in [0.1, 0.15) is 43.2 Å². The molecule has 1 aromatic heterocycles. The molecule has 0 aromatic carbocycles. The highest BCUT2D eigenvalue weighted by Crippen LogP contribution is 2.39. The third-order valence-electron chi connectivity index (χ3n) is 3.90. The summed E-state index contributed by atoms with van der Waals surface area (Å²) in [6.07, 6.45) is 3.01. The molecule has 0 saturated carbocycles. The summed E-state index contributed by atoms with van der Waals surface area (Å²) in [6, 6.07) is 2.00. The van der Waals surface area contributed by atoms with Crippen molar-refractivity contribution >= 4 is 28.9 Å². The van der Waals surface area contributed by atoms with Crippen molar-refractivity contribution in [2.24, 2.45) is 5.92 Å². The van der Waals surface area contributed by atoms with Crippen LogP contribution in [0.25, 0.3) is 0 Å². The molecule has 1 aromatic rings. The van der Waals surface area contributed by atoms with Gasteiger partial charge >= 0.3 is 5.97 Å². The minimum atomic E-state index is -0.246. The number of esters is 1. The summed E-state index contributed by atoms with van der Waals surface area (Å²) in [5, 5.41) is 3.46. The molecule has 3 unspecified atom stereocenters. The fraction of sp³-hybridized carbons (Fsp3) is 0.643. The van der Waals surface area contributed by atoms with E-state index in [0.29, 0.717) is 0 Å². The molecule has 1 heterocycles. The van der Waals surface area contributed by atoms with Crippen molar-refractivity contribution in [2.75, 3.05) is 7.11 Å². The first-order valence-electron chi connectivity index (χ1n) is 6.68. The van der Waals surface area contributed by atoms with Gasteiger partial charge in [-0.25, -0.2) is 0 Å². The molecule has 3 atom stereocenters. The standard InChI is InChI=1S/C14H20ClNO2S/c1-4-8(2)13(14(17)18-3)16-10-5-6-11-9(10)7-12(15)19-11/h7-8,10,13,16H,4-6H2,1-3H3. The largest absolute Gasteiger partial charge is 0.468 e. The Kier molecular flexibility index (Phi) is 4.87. The lowest BCUT2D eigenvalue weighted by Gasteiger charge is -2.25. The highest BCUT2D eigenvalue weighted by Gasteiger charge is 2.32. The first-order chi connectivity index (χ1) is 9.06. The number of carbonyl (C=O) groups is 1. The van der Waals surface area contributed by atoms with E-state index in [9.17, 15) is 4.79 Å². The van der Waals surface area contributed by atoms with Gasteiger partial charge in [0.15, 0.2) is 0 Å². The first kappa shape index (κ1) is 14.8. The SMILES string of the molecule is CCC(C)C(NC1CCc2sc(Cl)cc21)C(=O)OC. The van der Waals surface area contributed by atoms with Gasteiger partial charge in [-0.2, -0.15) is 0 Å². The van der Waals surface area contributed by atoms with E-state index < -0.39 is 0 Å². The Hall–Kier alpha value is -0.580. The molecule has 19 heavy (non-hydrogen) atoms. The fourth-order valence-corrected chi connectivity index (χ4v) is 3.90. The Morgan fingerprint density at radius 2 is 2.42 bits per heavy atom. The van der Waals surface area contributed by atoms with Gasteiger partial charge in [-0.05, 0) is 30.4 Å². The van der Waals surface area contributed by atoms with Crippen molar-refractivity contribution in [1.29, 1.82) is 0 Å². The van der Waals surface area contributed by atoms with Gasteiger partial charge in [0.2, 0.25) is 0 Å². The summed E-state index contributed by atoms with van der Waals surface area (Å²) in [4.78, 5) is 13.3. The Labute approximate surface area is 123 Å². The monoisotopic (exact) mass is 301 g/mol. The third kappa shape index (κ3) is 3.12. The van der Waals surface area contributed by atoms with E-state index in [4.69, 9.17) is 16.3 Å². The lowest BCUT2D eigenvalue weighted by molar-refractivity contribution is -0.144. The van der Waals surface area contributed by atoms with Gasteiger partial charge in [0.25, 0.3) is 0 Å². The molecule has 106 valence electrons. The van der Waals surface area contributed by atoms with Crippen LogP contribution in [0.2, 0.25) is 4.34 Å². The van der Waals surface area contributed by atoms with Crippen LogP contribution < -0.4 is 5.32 Å². The van der Waals surface area contributed by atoms with Crippen molar-refractivity contribution in [1.82, 2.24) is 5.32 Å². The lowest BCUT2D eigenvalue weighted by Crippen LogP contribution is -2.43. The second-order valence-corrected chi connectivity index (χ2v) is 6.84. The number of nitrogens with one attached hydrogen (secondary N) is 1. The molecule has 3 nitrogen and oxygen atoms in total. The molecule has 1 aliphatic rings. The van der Waals surface area contributed by atoms with E-state index in [1.165, 1.54) is 17.6 Å². The maximum absolute atomic E-state index is 11.9. The zero-order chi connectivity index (χ0) is 14.0. The van der Waals surface area contributed by atoms with Gasteiger partial charge < -0.3 is 4.74 Å². The van der Waals surface area contributed by atoms with Crippen molar-refractivity contribution < 1.29 is 9.53 Å². The van der Waals surface area contributed by atoms with Crippen LogP contribution in [-0.2, 0) is 16.0 Å². The number of aryl methyl sites for hydroxylation is 1. The minimum absolute atomic E-state index is 0.177. The predicted octanol–water partition coefficient (Wildman–Crippen LogP) is 3.57. The van der Waals surface area contributed by atoms with Crippen molar-refractivity contribution in [3.05, 3.63) is 20.8 Å². The van der Waals surface area contributed by atoms with Crippen molar-refractivity contribution in [3.63, 3.8) is 0 Å². The van der Waals surface area contributed by atoms with Crippen LogP contribution >= 0.6 is 22.9 Å². The summed E-state index contributed by atoms with van der Waals surface area (Å²) in [5.41, 5.74) is 1.26. The summed E-state index contributed by atoms with van der Waals surface area (Å²) < 4.78 is 5.74. The Morgan fingerprint density at radius 1 is 1.68 bits per heavy atom. The molecular weight excluding hydrogens is 282 g/mol. The number of carbonyl (C=O) groups excluding carboxylic acids is 1. The topological polar surface area (TPSA) is 38.3 Å². The maximum atomic E-state index is 11.9. The molecular formula is C14H20ClNO2S. The van der Waals surface area contributed by atoms with E-state index in [2.05, 4.69) is 19.2 Å². The molecule has 0 spiro atoms. The molecule has 0 bridgehead atoms. The van der Waals surface area contributed by atoms with Crippen LogP contribution in [0.15, 0.2) is 6.07 Å². The maximum Gasteiger partial charge on any atom is 0.323 e. The summed E-state index contributed by atoms with van der Waals surface area (Å²) in [5.74, 6) is 0.0785. The van der Waals surface area contributed by atoms with Crippen molar-refractivity contribution in [2.45, 2.75) is 45.2 Å². The predicted molar refractivity (Wildman–Crippen MR) is 78.8 cm³/mol. The van der Waals surface area contributed by atoms with E-state index >= 15 is 0 Å². The summed E-state index contributed by atoms with van der Waals surface area (Å²) in [7, 11) is 1.45. The first-order valence-corrected chi connectivity index (χ1v) is 7.88. The van der Waals surface area contributed by atoms with Gasteiger partial charge in [-0.1, -0.05) is 31.9 Å². The Balaban J connectivity index is 2.12. The molecule has 5 heteroatoms. The van der Waals surface area contributed by atoms with E-state index in [1.54, 1.807) is 11.3 Å².